The predicted octanol–water partition coefficient (Wildman–Crippen LogP) is 3.75. The summed E-state index contributed by atoms with van der Waals surface area (Å²) in [4.78, 5) is 27.2. The molecule has 0 bridgehead atoms. The number of aryl methyl sites for hydroxylation is 1. The van der Waals surface area contributed by atoms with Crippen LogP contribution in [0.3, 0.4) is 0 Å². The van der Waals surface area contributed by atoms with Gasteiger partial charge in [-0.1, -0.05) is 48.9 Å². The zero-order valence-corrected chi connectivity index (χ0v) is 21.1. The number of nitrogens with zero attached hydrogens (tertiary/aromatic N) is 2. The van der Waals surface area contributed by atoms with E-state index < -0.39 is 16.1 Å². The summed E-state index contributed by atoms with van der Waals surface area (Å²) in [5, 5.41) is 3.22. The molecule has 1 N–H and O–H groups in total. The van der Waals surface area contributed by atoms with E-state index in [2.05, 4.69) is 5.32 Å². The summed E-state index contributed by atoms with van der Waals surface area (Å²) in [5.41, 5.74) is 2.29. The van der Waals surface area contributed by atoms with Gasteiger partial charge in [0, 0.05) is 31.6 Å². The second-order valence-corrected chi connectivity index (χ2v) is 10.3. The highest BCUT2D eigenvalue weighted by Gasteiger charge is 2.28. The second kappa shape index (κ2) is 12.0. The molecule has 0 aliphatic carbocycles. The van der Waals surface area contributed by atoms with E-state index in [9.17, 15) is 18.0 Å². The first-order valence-corrected chi connectivity index (χ1v) is 13.1. The van der Waals surface area contributed by atoms with Gasteiger partial charge in [0.1, 0.15) is 6.04 Å². The number of nitrogens with one attached hydrogen (secondary N) is 1. The number of anilines is 1. The quantitative estimate of drug-likeness (QED) is 0.516. The van der Waals surface area contributed by atoms with Crippen molar-refractivity contribution < 1.29 is 18.0 Å². The molecule has 7 nitrogen and oxygen atoms in total. The van der Waals surface area contributed by atoms with Crippen LogP contribution in [0, 0.1) is 6.92 Å². The van der Waals surface area contributed by atoms with Crippen LogP contribution in [0.1, 0.15) is 37.3 Å². The Balaban J connectivity index is 2.19. The molecule has 2 amide bonds. The van der Waals surface area contributed by atoms with Crippen LogP contribution in [0.5, 0.6) is 0 Å². The van der Waals surface area contributed by atoms with Gasteiger partial charge in [-0.15, -0.1) is 0 Å². The number of benzene rings is 2. The van der Waals surface area contributed by atoms with Gasteiger partial charge >= 0.3 is 0 Å². The van der Waals surface area contributed by atoms with Crippen LogP contribution < -0.4 is 9.62 Å². The summed E-state index contributed by atoms with van der Waals surface area (Å²) < 4.78 is 26.2. The minimum atomic E-state index is -3.52. The molecule has 0 aliphatic rings. The molecule has 0 saturated heterocycles. The first kappa shape index (κ1) is 26.7. The zero-order valence-electron chi connectivity index (χ0n) is 19.5. The fraction of sp³-hybridized carbons (Fsp3) is 0.417. The van der Waals surface area contributed by atoms with E-state index in [1.807, 2.05) is 38.1 Å². The lowest BCUT2D eigenvalue weighted by molar-refractivity contribution is -0.141. The van der Waals surface area contributed by atoms with Crippen molar-refractivity contribution in [1.29, 1.82) is 0 Å². The maximum absolute atomic E-state index is 13.2. The minimum Gasteiger partial charge on any atom is -0.357 e. The predicted molar refractivity (Wildman–Crippen MR) is 133 cm³/mol. The van der Waals surface area contributed by atoms with Gasteiger partial charge in [0.15, 0.2) is 0 Å². The Labute approximate surface area is 201 Å². The molecule has 180 valence electrons. The molecule has 9 heteroatoms. The molecule has 0 radical (unpaired) electrons. The van der Waals surface area contributed by atoms with Crippen molar-refractivity contribution in [2.45, 2.75) is 45.7 Å². The van der Waals surface area contributed by atoms with Gasteiger partial charge in [-0.2, -0.15) is 0 Å². The number of halogens is 1. The monoisotopic (exact) mass is 493 g/mol. The van der Waals surface area contributed by atoms with E-state index in [4.69, 9.17) is 11.6 Å². The van der Waals surface area contributed by atoms with Crippen molar-refractivity contribution in [3.63, 3.8) is 0 Å². The number of rotatable bonds is 11. The van der Waals surface area contributed by atoms with Gasteiger partial charge in [0.25, 0.3) is 0 Å². The molecule has 0 saturated carbocycles. The molecule has 1 unspecified atom stereocenters. The first-order chi connectivity index (χ1) is 15.6. The Morgan fingerprint density at radius 2 is 1.73 bits per heavy atom. The third kappa shape index (κ3) is 7.47. The average Bonchev–Trinajstić information content (AvgIpc) is 2.77. The summed E-state index contributed by atoms with van der Waals surface area (Å²) in [5.74, 6) is -0.448. The molecule has 0 spiro atoms. The molecule has 0 fully saturated rings. The van der Waals surface area contributed by atoms with E-state index in [1.165, 1.54) is 4.31 Å². The lowest BCUT2D eigenvalue weighted by Crippen LogP contribution is -2.48. The van der Waals surface area contributed by atoms with Gasteiger partial charge in [0.2, 0.25) is 21.8 Å². The van der Waals surface area contributed by atoms with Crippen LogP contribution in [-0.4, -0.2) is 51.0 Å². The molecule has 0 aliphatic heterocycles. The average molecular weight is 494 g/mol. The SMILES string of the molecule is CCC(C(=O)NC)N(Cc1ccc(Cl)cc1)C(=O)CCCN(c1ccccc1C)S(C)(=O)=O. The van der Waals surface area contributed by atoms with Crippen molar-refractivity contribution in [3.05, 3.63) is 64.7 Å². The topological polar surface area (TPSA) is 86.8 Å². The van der Waals surface area contributed by atoms with Gasteiger partial charge in [-0.25, -0.2) is 8.42 Å². The highest BCUT2D eigenvalue weighted by molar-refractivity contribution is 7.92. The van der Waals surface area contributed by atoms with E-state index in [0.717, 1.165) is 17.4 Å². The number of amides is 2. The summed E-state index contributed by atoms with van der Waals surface area (Å²) >= 11 is 5.97. The van der Waals surface area contributed by atoms with Crippen molar-refractivity contribution in [3.8, 4) is 0 Å². The highest BCUT2D eigenvalue weighted by Crippen LogP contribution is 2.23. The first-order valence-electron chi connectivity index (χ1n) is 10.9. The van der Waals surface area contributed by atoms with Gasteiger partial charge in [0.05, 0.1) is 11.9 Å². The second-order valence-electron chi connectivity index (χ2n) is 7.91. The third-order valence-corrected chi connectivity index (χ3v) is 6.87. The van der Waals surface area contributed by atoms with Crippen molar-refractivity contribution in [2.75, 3.05) is 24.2 Å². The number of hydrogen-bond acceptors (Lipinski definition) is 4. The Kier molecular flexibility index (Phi) is 9.73. The summed E-state index contributed by atoms with van der Waals surface area (Å²) in [6.45, 7) is 4.13. The van der Waals surface area contributed by atoms with Crippen LogP contribution in [-0.2, 0) is 26.2 Å². The van der Waals surface area contributed by atoms with Gasteiger partial charge in [-0.3, -0.25) is 13.9 Å². The Bertz CT molecular complexity index is 1060. The molecular weight excluding hydrogens is 462 g/mol. The van der Waals surface area contributed by atoms with Crippen LogP contribution in [0.25, 0.3) is 0 Å². The molecule has 1 atom stereocenters. The zero-order chi connectivity index (χ0) is 24.6. The van der Waals surface area contributed by atoms with Crippen LogP contribution in [0.4, 0.5) is 5.69 Å². The number of sulfonamides is 1. The van der Waals surface area contributed by atoms with Gasteiger partial charge < -0.3 is 10.2 Å². The summed E-state index contributed by atoms with van der Waals surface area (Å²) in [7, 11) is -1.97. The summed E-state index contributed by atoms with van der Waals surface area (Å²) in [6.07, 6.45) is 2.05. The van der Waals surface area contributed by atoms with E-state index >= 15 is 0 Å². The normalized spacial score (nSPS) is 12.2. The molecule has 2 aromatic rings. The standard InChI is InChI=1S/C24H32ClN3O4S/c1-5-21(24(30)26-3)27(17-19-12-14-20(25)15-13-19)23(29)11-8-16-28(33(4,31)32)22-10-7-6-9-18(22)2/h6-7,9-10,12-15,21H,5,8,11,16-17H2,1-4H3,(H,26,30). The van der Waals surface area contributed by atoms with E-state index in [0.29, 0.717) is 23.6 Å². The molecule has 0 aromatic heterocycles. The lowest BCUT2D eigenvalue weighted by Gasteiger charge is -2.31. The molecule has 2 aromatic carbocycles. The Morgan fingerprint density at radius 1 is 1.09 bits per heavy atom. The van der Waals surface area contributed by atoms with Crippen LogP contribution in [0.15, 0.2) is 48.5 Å². The molecule has 33 heavy (non-hydrogen) atoms. The maximum Gasteiger partial charge on any atom is 0.242 e. The third-order valence-electron chi connectivity index (χ3n) is 5.43. The highest BCUT2D eigenvalue weighted by atomic mass is 35.5. The van der Waals surface area contributed by atoms with Crippen LogP contribution in [0.2, 0.25) is 5.02 Å². The smallest absolute Gasteiger partial charge is 0.242 e. The maximum atomic E-state index is 13.2. The number of hydrogen-bond donors (Lipinski definition) is 1. The van der Waals surface area contributed by atoms with Crippen molar-refractivity contribution in [1.82, 2.24) is 10.2 Å². The molecule has 2 rings (SSSR count). The Hall–Kier alpha value is -2.58. The number of likely N-dealkylation sites (N-methyl/N-ethyl adjacent to an activating group) is 1. The number of carbonyl (C=O) groups is 2. The van der Waals surface area contributed by atoms with E-state index in [1.54, 1.807) is 36.2 Å². The van der Waals surface area contributed by atoms with Crippen LogP contribution >= 0.6 is 11.6 Å². The van der Waals surface area contributed by atoms with Crippen molar-refractivity contribution in [2.24, 2.45) is 0 Å². The molecular formula is C24H32ClN3O4S. The summed E-state index contributed by atoms with van der Waals surface area (Å²) in [6, 6.07) is 13.7. The van der Waals surface area contributed by atoms with E-state index in [-0.39, 0.29) is 31.3 Å². The number of para-hydroxylation sites is 1. The fourth-order valence-corrected chi connectivity index (χ4v) is 4.85. The lowest BCUT2D eigenvalue weighted by atomic mass is 10.1. The minimum absolute atomic E-state index is 0.110. The fourth-order valence-electron chi connectivity index (χ4n) is 3.70. The molecule has 0 heterocycles. The Morgan fingerprint density at radius 3 is 2.27 bits per heavy atom. The van der Waals surface area contributed by atoms with Gasteiger partial charge in [-0.05, 0) is 49.1 Å². The van der Waals surface area contributed by atoms with Crippen molar-refractivity contribution >= 4 is 39.1 Å². The number of carbonyl (C=O) groups excluding carboxylic acids is 2. The largest absolute Gasteiger partial charge is 0.357 e.